The first-order chi connectivity index (χ1) is 26.6. The summed E-state index contributed by atoms with van der Waals surface area (Å²) in [5.74, 6) is 3.79. The van der Waals surface area contributed by atoms with Gasteiger partial charge in [0, 0.05) is 13.5 Å². The average molecular weight is 759 g/mol. The van der Waals surface area contributed by atoms with Crippen molar-refractivity contribution in [2.24, 2.45) is 23.7 Å². The highest BCUT2D eigenvalue weighted by Crippen LogP contribution is 2.48. The molecule has 0 aromatic heterocycles. The van der Waals surface area contributed by atoms with Crippen LogP contribution in [0, 0.1) is 23.7 Å². The summed E-state index contributed by atoms with van der Waals surface area (Å²) >= 11 is 0. The van der Waals surface area contributed by atoms with Gasteiger partial charge in [-0.1, -0.05) is 258 Å². The molecule has 0 amide bonds. The molecular weight excluding hydrogens is 657 g/mol. The first-order valence-corrected chi connectivity index (χ1v) is 25.6. The number of hydrogen-bond donors (Lipinski definition) is 0. The summed E-state index contributed by atoms with van der Waals surface area (Å²) in [5.41, 5.74) is 0. The van der Waals surface area contributed by atoms with Gasteiger partial charge in [0.25, 0.3) is 0 Å². The van der Waals surface area contributed by atoms with Crippen molar-refractivity contribution in [3.05, 3.63) is 0 Å². The summed E-state index contributed by atoms with van der Waals surface area (Å²) in [7, 11) is 1.95. The van der Waals surface area contributed by atoms with E-state index in [-0.39, 0.29) is 0 Å². The molecule has 0 bridgehead atoms. The van der Waals surface area contributed by atoms with Crippen LogP contribution in [0.4, 0.5) is 0 Å². The molecule has 0 unspecified atom stereocenters. The first kappa shape index (κ1) is 51.6. The molecule has 1 fully saturated rings. The molecule has 1 rings (SSSR count). The molecule has 54 heavy (non-hydrogen) atoms. The Balaban J connectivity index is 1.78. The standard InChI is InChI=1S/C52H102O2/c1-5-6-7-8-9-10-11-12-13-14-18-21-24-28-33-38-43-49(3)52(54-4)45-40-35-30-25-22-19-16-15-17-20-23-27-32-37-42-48(2)51-47-50(51)44-39-34-29-26-31-36-41-46-53/h46,48-52H,5-45,47H2,1-4H3/t48-,49-,50-,51+,52+/m0/s1. The van der Waals surface area contributed by atoms with Gasteiger partial charge in [-0.25, -0.2) is 0 Å². The van der Waals surface area contributed by atoms with E-state index < -0.39 is 0 Å². The monoisotopic (exact) mass is 759 g/mol. The summed E-state index contributed by atoms with van der Waals surface area (Å²) < 4.78 is 5.95. The smallest absolute Gasteiger partial charge is 0.119 e. The van der Waals surface area contributed by atoms with Crippen LogP contribution in [0.2, 0.25) is 0 Å². The van der Waals surface area contributed by atoms with Gasteiger partial charge in [-0.2, -0.15) is 0 Å². The quantitative estimate of drug-likeness (QED) is 0.0456. The molecule has 0 aliphatic heterocycles. The maximum atomic E-state index is 10.4. The van der Waals surface area contributed by atoms with E-state index in [0.717, 1.165) is 36.9 Å². The van der Waals surface area contributed by atoms with Gasteiger partial charge in [0.05, 0.1) is 6.10 Å². The second-order valence-corrected chi connectivity index (χ2v) is 18.9. The normalized spacial score (nSPS) is 17.2. The molecule has 0 spiro atoms. The number of ether oxygens (including phenoxy) is 1. The minimum atomic E-state index is 0.475. The van der Waals surface area contributed by atoms with Crippen molar-refractivity contribution < 1.29 is 9.53 Å². The number of rotatable bonds is 46. The van der Waals surface area contributed by atoms with Gasteiger partial charge in [0.1, 0.15) is 6.29 Å². The van der Waals surface area contributed by atoms with Crippen LogP contribution in [-0.2, 0) is 9.53 Å². The Morgan fingerprint density at radius 3 is 1.22 bits per heavy atom. The molecule has 0 aromatic rings. The molecule has 0 radical (unpaired) electrons. The zero-order valence-electron chi connectivity index (χ0n) is 38.0. The fraction of sp³-hybridized carbons (Fsp3) is 0.981. The van der Waals surface area contributed by atoms with Gasteiger partial charge in [0.2, 0.25) is 0 Å². The minimum Gasteiger partial charge on any atom is -0.381 e. The predicted octanol–water partition coefficient (Wildman–Crippen LogP) is 18.1. The largest absolute Gasteiger partial charge is 0.381 e. The number of unbranched alkanes of at least 4 members (excludes halogenated alkanes) is 34. The molecule has 1 aliphatic rings. The Kier molecular flexibility index (Phi) is 39.0. The van der Waals surface area contributed by atoms with Crippen molar-refractivity contribution in [3.8, 4) is 0 Å². The molecule has 2 heteroatoms. The lowest BCUT2D eigenvalue weighted by molar-refractivity contribution is -0.107. The summed E-state index contributed by atoms with van der Waals surface area (Å²) in [5, 5.41) is 0. The number of hydrogen-bond acceptors (Lipinski definition) is 2. The lowest BCUT2D eigenvalue weighted by atomic mass is 9.93. The Hall–Kier alpha value is -0.370. The van der Waals surface area contributed by atoms with Crippen molar-refractivity contribution in [3.63, 3.8) is 0 Å². The predicted molar refractivity (Wildman–Crippen MR) is 242 cm³/mol. The number of methoxy groups -OCH3 is 1. The fourth-order valence-corrected chi connectivity index (χ4v) is 9.62. The van der Waals surface area contributed by atoms with Crippen molar-refractivity contribution in [1.29, 1.82) is 0 Å². The third-order valence-electron chi connectivity index (χ3n) is 13.7. The maximum Gasteiger partial charge on any atom is 0.119 e. The van der Waals surface area contributed by atoms with Crippen LogP contribution >= 0.6 is 0 Å². The van der Waals surface area contributed by atoms with Gasteiger partial charge in [-0.05, 0) is 49.4 Å². The summed E-state index contributed by atoms with van der Waals surface area (Å²) in [4.78, 5) is 10.4. The van der Waals surface area contributed by atoms with E-state index in [1.165, 1.54) is 257 Å². The van der Waals surface area contributed by atoms with Crippen molar-refractivity contribution >= 4 is 6.29 Å². The Morgan fingerprint density at radius 2 is 0.815 bits per heavy atom. The van der Waals surface area contributed by atoms with Crippen LogP contribution in [0.15, 0.2) is 0 Å². The molecule has 322 valence electrons. The molecule has 1 aliphatic carbocycles. The SMILES string of the molecule is CCCCCCCCCCCCCCCCCC[C@H](C)[C@@H](CCCCCCCCCCCCCCCC[C@H](C)[C@H]1C[C@@H]1CCCCCCCCC=O)OC. The van der Waals surface area contributed by atoms with E-state index >= 15 is 0 Å². The lowest BCUT2D eigenvalue weighted by Crippen LogP contribution is -2.20. The van der Waals surface area contributed by atoms with Crippen LogP contribution in [0.3, 0.4) is 0 Å². The fourth-order valence-electron chi connectivity index (χ4n) is 9.62. The molecule has 0 saturated heterocycles. The topological polar surface area (TPSA) is 26.3 Å². The van der Waals surface area contributed by atoms with Crippen molar-refractivity contribution in [2.45, 2.75) is 297 Å². The molecule has 2 nitrogen and oxygen atoms in total. The first-order valence-electron chi connectivity index (χ1n) is 25.6. The van der Waals surface area contributed by atoms with Crippen molar-refractivity contribution in [1.82, 2.24) is 0 Å². The molecule has 5 atom stereocenters. The van der Waals surface area contributed by atoms with E-state index in [1.807, 2.05) is 7.11 Å². The van der Waals surface area contributed by atoms with Gasteiger partial charge >= 0.3 is 0 Å². The number of carbonyl (C=O) groups excluding carboxylic acids is 1. The van der Waals surface area contributed by atoms with E-state index in [2.05, 4.69) is 20.8 Å². The van der Waals surface area contributed by atoms with Crippen LogP contribution in [0.1, 0.15) is 290 Å². The van der Waals surface area contributed by atoms with E-state index in [0.29, 0.717) is 12.0 Å². The van der Waals surface area contributed by atoms with Gasteiger partial charge in [-0.15, -0.1) is 0 Å². The molecular formula is C52H102O2. The van der Waals surface area contributed by atoms with Crippen LogP contribution < -0.4 is 0 Å². The summed E-state index contributed by atoms with van der Waals surface area (Å²) in [6, 6.07) is 0. The van der Waals surface area contributed by atoms with Gasteiger partial charge < -0.3 is 9.53 Å². The highest BCUT2D eigenvalue weighted by molar-refractivity contribution is 5.48. The Labute approximate surface area is 342 Å². The van der Waals surface area contributed by atoms with E-state index in [1.54, 1.807) is 0 Å². The highest BCUT2D eigenvalue weighted by Gasteiger charge is 2.39. The van der Waals surface area contributed by atoms with Crippen LogP contribution in [0.5, 0.6) is 0 Å². The zero-order valence-corrected chi connectivity index (χ0v) is 38.0. The number of aldehydes is 1. The molecule has 0 N–H and O–H groups in total. The van der Waals surface area contributed by atoms with Crippen LogP contribution in [0.25, 0.3) is 0 Å². The number of carbonyl (C=O) groups is 1. The summed E-state index contributed by atoms with van der Waals surface area (Å²) in [6.07, 6.45) is 60.8. The minimum absolute atomic E-state index is 0.475. The van der Waals surface area contributed by atoms with Gasteiger partial charge in [0.15, 0.2) is 0 Å². The highest BCUT2D eigenvalue weighted by atomic mass is 16.5. The van der Waals surface area contributed by atoms with Gasteiger partial charge in [-0.3, -0.25) is 0 Å². The summed E-state index contributed by atoms with van der Waals surface area (Å²) in [6.45, 7) is 7.29. The maximum absolute atomic E-state index is 10.4. The zero-order chi connectivity index (χ0) is 39.0. The third kappa shape index (κ3) is 33.7. The van der Waals surface area contributed by atoms with Crippen molar-refractivity contribution in [2.75, 3.05) is 7.11 Å². The molecule has 1 saturated carbocycles. The Morgan fingerprint density at radius 1 is 0.463 bits per heavy atom. The Bertz CT molecular complexity index is 734. The van der Waals surface area contributed by atoms with Crippen LogP contribution in [-0.4, -0.2) is 19.5 Å². The third-order valence-corrected chi connectivity index (χ3v) is 13.7. The second kappa shape index (κ2) is 40.8. The average Bonchev–Trinajstić information content (AvgIpc) is 3.96. The lowest BCUT2D eigenvalue weighted by Gasteiger charge is -2.22. The van der Waals surface area contributed by atoms with E-state index in [4.69, 9.17) is 4.74 Å². The van der Waals surface area contributed by atoms with E-state index in [9.17, 15) is 4.79 Å². The molecule has 0 aromatic carbocycles. The molecule has 0 heterocycles. The second-order valence-electron chi connectivity index (χ2n) is 18.9.